The molecule has 8 rings (SSSR count). The van der Waals surface area contributed by atoms with Gasteiger partial charge in [0.1, 0.15) is 11.2 Å². The van der Waals surface area contributed by atoms with Crippen LogP contribution in [-0.4, -0.2) is 188 Å². The van der Waals surface area contributed by atoms with Crippen LogP contribution in [0.25, 0.3) is 0 Å². The fraction of sp³-hybridized carbons (Fsp3) is 0.581. The number of ether oxygens (including phenoxy) is 7. The molecule has 17 nitrogen and oxygen atoms in total. The van der Waals surface area contributed by atoms with Gasteiger partial charge in [0.15, 0.2) is 0 Å². The van der Waals surface area contributed by atoms with Gasteiger partial charge in [-0.15, -0.1) is 0 Å². The molecular weight excluding hydrogens is 1000 g/mol. The number of nitrogens with one attached hydrogen (secondary N) is 2. The Labute approximate surface area is 471 Å². The summed E-state index contributed by atoms with van der Waals surface area (Å²) in [7, 11) is 0. The third kappa shape index (κ3) is 22.8. The lowest BCUT2D eigenvalue weighted by Gasteiger charge is -2.35. The molecule has 4 heterocycles. The van der Waals surface area contributed by atoms with Crippen LogP contribution >= 0.6 is 0 Å². The number of anilines is 4. The molecule has 0 saturated carbocycles. The monoisotopic (exact) mass is 1090 g/mol. The highest BCUT2D eigenvalue weighted by Crippen LogP contribution is 2.25. The second kappa shape index (κ2) is 32.0. The van der Waals surface area contributed by atoms with Crippen LogP contribution in [0, 0.1) is 0 Å². The van der Waals surface area contributed by atoms with Crippen molar-refractivity contribution in [2.75, 3.05) is 165 Å². The van der Waals surface area contributed by atoms with Crippen molar-refractivity contribution in [3.63, 3.8) is 0 Å². The number of nitrogens with zero attached hydrogens (tertiary/aromatic N) is 6. The molecule has 1 saturated heterocycles. The summed E-state index contributed by atoms with van der Waals surface area (Å²) in [5.41, 5.74) is 7.56. The molecule has 1 fully saturated rings. The first-order valence-corrected chi connectivity index (χ1v) is 28.8. The number of hydrogen-bond donors (Lipinski definition) is 2. The molecule has 0 spiro atoms. The summed E-state index contributed by atoms with van der Waals surface area (Å²) in [6, 6.07) is 34.7. The minimum absolute atomic E-state index is 0.333. The van der Waals surface area contributed by atoms with E-state index < -0.39 is 11.2 Å². The molecule has 4 aliphatic heterocycles. The summed E-state index contributed by atoms with van der Waals surface area (Å²) in [5.74, 6) is 0. The van der Waals surface area contributed by atoms with Crippen LogP contribution in [0.4, 0.5) is 32.3 Å². The first kappa shape index (κ1) is 61.0. The summed E-state index contributed by atoms with van der Waals surface area (Å²) >= 11 is 0. The average Bonchev–Trinajstić information content (AvgIpc) is 3.41. The molecule has 17 heteroatoms. The van der Waals surface area contributed by atoms with Gasteiger partial charge in [0.25, 0.3) is 0 Å². The van der Waals surface area contributed by atoms with Gasteiger partial charge in [-0.05, 0) is 125 Å². The van der Waals surface area contributed by atoms with Gasteiger partial charge in [0.2, 0.25) is 0 Å². The Morgan fingerprint density at radius 2 is 0.747 bits per heavy atom. The van der Waals surface area contributed by atoms with Gasteiger partial charge in [-0.1, -0.05) is 48.5 Å². The molecule has 0 aliphatic carbocycles. The maximum Gasteiger partial charge on any atom is 0.410 e. The van der Waals surface area contributed by atoms with Crippen molar-refractivity contribution >= 4 is 34.9 Å². The van der Waals surface area contributed by atoms with Crippen molar-refractivity contribution in [2.45, 2.75) is 91.8 Å². The highest BCUT2D eigenvalue weighted by Gasteiger charge is 2.28. The molecule has 0 atom stereocenters. The Balaban J connectivity index is 1.25. The Bertz CT molecular complexity index is 2250. The van der Waals surface area contributed by atoms with E-state index in [2.05, 4.69) is 127 Å². The lowest BCUT2D eigenvalue weighted by molar-refractivity contribution is 0.0141. The van der Waals surface area contributed by atoms with E-state index in [1.165, 1.54) is 11.1 Å². The predicted molar refractivity (Wildman–Crippen MR) is 314 cm³/mol. The molecule has 4 aromatic carbocycles. The van der Waals surface area contributed by atoms with E-state index in [-0.39, 0.29) is 12.2 Å². The maximum absolute atomic E-state index is 14.2. The SMILES string of the molecule is CC(C)(C)OC(=O)N1CCN2CCN(C(=O)OC(C)(C)C)CCN(CC1)Cc1cccc(c1)N1CCCOCCOCCOCCCN(Cc3cccc(c3)NCCOCCOCCNc3cccc(c3)C1)c1cccc(c1)C2. The van der Waals surface area contributed by atoms with Gasteiger partial charge < -0.3 is 63.4 Å². The van der Waals surface area contributed by atoms with Crippen molar-refractivity contribution in [3.8, 4) is 0 Å². The van der Waals surface area contributed by atoms with E-state index in [0.717, 1.165) is 59.8 Å². The van der Waals surface area contributed by atoms with Crippen molar-refractivity contribution in [1.82, 2.24) is 19.6 Å². The lowest BCUT2D eigenvalue weighted by atomic mass is 10.1. The summed E-state index contributed by atoms with van der Waals surface area (Å²) in [4.78, 5) is 41.6. The minimum Gasteiger partial charge on any atom is -0.444 e. The predicted octanol–water partition coefficient (Wildman–Crippen LogP) is 9.21. The topological polar surface area (TPSA) is 142 Å². The van der Waals surface area contributed by atoms with Gasteiger partial charge in [-0.25, -0.2) is 9.59 Å². The van der Waals surface area contributed by atoms with Gasteiger partial charge in [0.05, 0.1) is 52.9 Å². The van der Waals surface area contributed by atoms with E-state index >= 15 is 0 Å². The molecule has 4 aliphatic rings. The summed E-state index contributed by atoms with van der Waals surface area (Å²) in [6.45, 7) is 26.4. The van der Waals surface area contributed by atoms with E-state index in [1.807, 2.05) is 51.3 Å². The number of carbonyl (C=O) groups excluding carboxylic acids is 2. The van der Waals surface area contributed by atoms with Crippen molar-refractivity contribution in [1.29, 1.82) is 0 Å². The Hall–Kier alpha value is -5.66. The van der Waals surface area contributed by atoms with Gasteiger partial charge in [-0.3, -0.25) is 9.80 Å². The van der Waals surface area contributed by atoms with E-state index in [1.54, 1.807) is 0 Å². The van der Waals surface area contributed by atoms with Crippen LogP contribution in [0.5, 0.6) is 0 Å². The molecular formula is C62H92N8O9. The number of rotatable bonds is 0. The first-order chi connectivity index (χ1) is 38.2. The van der Waals surface area contributed by atoms with Crippen LogP contribution in [0.2, 0.25) is 0 Å². The average molecular weight is 1090 g/mol. The maximum atomic E-state index is 14.2. The standard InChI is InChI=1S/C62H92N8O9/c1-61(2,3)78-59(71)67-29-25-65-27-31-68(60(72)79-62(4,5)6)32-28-66(26-30-67)48-54-16-10-20-58(46-54)70-24-12-34-74-38-42-77-41-37-73-33-11-23-69(57-19-9-15-53(45-57)47-65)49-51-13-7-17-55(43-51)63-21-35-75-39-40-76-36-22-64-56-18-8-14-52(44-56)50-70/h7-10,13-20,43-46,63-64H,11-12,21-42,47-50H2,1-6H3. The van der Waals surface area contributed by atoms with Gasteiger partial charge in [0, 0.05) is 141 Å². The lowest BCUT2D eigenvalue weighted by Crippen LogP contribution is -2.49. The zero-order chi connectivity index (χ0) is 55.7. The second-order valence-electron chi connectivity index (χ2n) is 22.7. The Kier molecular flexibility index (Phi) is 24.7. The fourth-order valence-corrected chi connectivity index (χ4v) is 9.76. The molecule has 434 valence electrons. The number of benzene rings is 4. The zero-order valence-electron chi connectivity index (χ0n) is 48.4. The fourth-order valence-electron chi connectivity index (χ4n) is 9.76. The normalized spacial score (nSPS) is 20.6. The Morgan fingerprint density at radius 3 is 1.13 bits per heavy atom. The first-order valence-electron chi connectivity index (χ1n) is 28.8. The van der Waals surface area contributed by atoms with E-state index in [0.29, 0.717) is 158 Å². The Morgan fingerprint density at radius 1 is 0.405 bits per heavy atom. The summed E-state index contributed by atoms with van der Waals surface area (Å²) in [5, 5.41) is 7.12. The summed E-state index contributed by atoms with van der Waals surface area (Å²) < 4.78 is 42.3. The number of fused-ring (bicyclic) bond motifs is 12. The molecule has 79 heavy (non-hydrogen) atoms. The quantitative estimate of drug-likeness (QED) is 0.173. The number of carbonyl (C=O) groups is 2. The molecule has 0 unspecified atom stereocenters. The molecule has 0 radical (unpaired) electrons. The van der Waals surface area contributed by atoms with E-state index in [4.69, 9.17) is 33.2 Å². The minimum atomic E-state index is -0.666. The molecule has 2 amide bonds. The van der Waals surface area contributed by atoms with Crippen LogP contribution in [-0.2, 0) is 59.3 Å². The highest BCUT2D eigenvalue weighted by molar-refractivity contribution is 5.68. The molecule has 12 bridgehead atoms. The highest BCUT2D eigenvalue weighted by atomic mass is 16.6. The third-order valence-corrected chi connectivity index (χ3v) is 13.7. The third-order valence-electron chi connectivity index (χ3n) is 13.7. The summed E-state index contributed by atoms with van der Waals surface area (Å²) in [6.07, 6.45) is 0.973. The van der Waals surface area contributed by atoms with Crippen LogP contribution in [0.15, 0.2) is 97.1 Å². The van der Waals surface area contributed by atoms with Crippen LogP contribution in [0.3, 0.4) is 0 Å². The van der Waals surface area contributed by atoms with Crippen molar-refractivity contribution in [2.24, 2.45) is 0 Å². The molecule has 2 N–H and O–H groups in total. The van der Waals surface area contributed by atoms with Crippen molar-refractivity contribution < 1.29 is 42.7 Å². The number of amides is 2. The molecule has 4 aromatic rings. The number of hydrogen-bond acceptors (Lipinski definition) is 15. The van der Waals surface area contributed by atoms with Gasteiger partial charge in [-0.2, -0.15) is 0 Å². The second-order valence-corrected chi connectivity index (χ2v) is 22.7. The smallest absolute Gasteiger partial charge is 0.410 e. The molecule has 0 aromatic heterocycles. The van der Waals surface area contributed by atoms with Gasteiger partial charge >= 0.3 is 12.2 Å². The van der Waals surface area contributed by atoms with Crippen LogP contribution in [0.1, 0.15) is 76.6 Å². The van der Waals surface area contributed by atoms with Crippen LogP contribution < -0.4 is 20.4 Å². The largest absolute Gasteiger partial charge is 0.444 e. The van der Waals surface area contributed by atoms with E-state index in [9.17, 15) is 9.59 Å². The zero-order valence-corrected chi connectivity index (χ0v) is 48.4. The van der Waals surface area contributed by atoms with Crippen molar-refractivity contribution in [3.05, 3.63) is 119 Å².